The minimum atomic E-state index is -1.06. The molecule has 0 bridgehead atoms. The van der Waals surface area contributed by atoms with Gasteiger partial charge in [-0.15, -0.1) is 0 Å². The van der Waals surface area contributed by atoms with Crippen molar-refractivity contribution in [1.29, 1.82) is 0 Å². The molecule has 0 saturated carbocycles. The van der Waals surface area contributed by atoms with Gasteiger partial charge in [0, 0.05) is 23.0 Å². The molecule has 2 aromatic rings. The number of benzene rings is 1. The summed E-state index contributed by atoms with van der Waals surface area (Å²) in [6, 6.07) is 6.50. The van der Waals surface area contributed by atoms with Gasteiger partial charge in [0.2, 0.25) is 0 Å². The predicted octanol–water partition coefficient (Wildman–Crippen LogP) is 2.92. The number of hydrogen-bond acceptors (Lipinski definition) is 4. The zero-order chi connectivity index (χ0) is 15.8. The third kappa shape index (κ3) is 6.08. The molecule has 1 aromatic heterocycles. The molecular formula is C14H14Cl2N2O3. The van der Waals surface area contributed by atoms with Crippen molar-refractivity contribution in [2.45, 2.75) is 18.9 Å². The van der Waals surface area contributed by atoms with Crippen molar-refractivity contribution in [1.82, 2.24) is 4.98 Å². The molecule has 1 aromatic carbocycles. The molecule has 1 heterocycles. The molecule has 1 unspecified atom stereocenters. The molecule has 0 amide bonds. The Balaban J connectivity index is 0.000000222. The van der Waals surface area contributed by atoms with E-state index in [2.05, 4.69) is 4.98 Å². The van der Waals surface area contributed by atoms with E-state index in [0.29, 0.717) is 16.3 Å². The SMILES string of the molecule is Clc1cnc2cc(Cl)ccc2c1.NC(CCC=O)C(=O)O. The van der Waals surface area contributed by atoms with Crippen molar-refractivity contribution in [3.8, 4) is 0 Å². The van der Waals surface area contributed by atoms with Crippen LogP contribution in [0.25, 0.3) is 10.9 Å². The summed E-state index contributed by atoms with van der Waals surface area (Å²) >= 11 is 11.5. The Morgan fingerprint density at radius 1 is 1.33 bits per heavy atom. The molecule has 0 aliphatic heterocycles. The van der Waals surface area contributed by atoms with Crippen LogP contribution in [0, 0.1) is 0 Å². The molecule has 0 aliphatic rings. The summed E-state index contributed by atoms with van der Waals surface area (Å²) in [5, 5.41) is 10.5. The number of pyridine rings is 1. The highest BCUT2D eigenvalue weighted by Crippen LogP contribution is 2.19. The highest BCUT2D eigenvalue weighted by molar-refractivity contribution is 6.32. The van der Waals surface area contributed by atoms with Gasteiger partial charge < -0.3 is 15.6 Å². The molecule has 21 heavy (non-hydrogen) atoms. The lowest BCUT2D eigenvalue weighted by Gasteiger charge is -2.00. The number of aldehydes is 1. The summed E-state index contributed by atoms with van der Waals surface area (Å²) in [4.78, 5) is 23.8. The van der Waals surface area contributed by atoms with Crippen molar-refractivity contribution in [2.75, 3.05) is 0 Å². The van der Waals surface area contributed by atoms with E-state index in [9.17, 15) is 9.59 Å². The second kappa shape index (κ2) is 8.56. The zero-order valence-corrected chi connectivity index (χ0v) is 12.5. The number of nitrogens with zero attached hydrogens (tertiary/aromatic N) is 1. The highest BCUT2D eigenvalue weighted by Gasteiger charge is 2.09. The van der Waals surface area contributed by atoms with E-state index in [1.807, 2.05) is 24.3 Å². The van der Waals surface area contributed by atoms with E-state index in [4.69, 9.17) is 34.0 Å². The maximum atomic E-state index is 9.96. The average molecular weight is 329 g/mol. The number of fused-ring (bicyclic) bond motifs is 1. The molecule has 0 aliphatic carbocycles. The van der Waals surface area contributed by atoms with Gasteiger partial charge in [-0.25, -0.2) is 0 Å². The fourth-order valence-electron chi connectivity index (χ4n) is 1.44. The number of aromatic nitrogens is 1. The third-order valence-electron chi connectivity index (χ3n) is 2.53. The summed E-state index contributed by atoms with van der Waals surface area (Å²) in [5.74, 6) is -1.06. The van der Waals surface area contributed by atoms with E-state index in [1.54, 1.807) is 6.20 Å². The van der Waals surface area contributed by atoms with Gasteiger partial charge in [0.25, 0.3) is 0 Å². The molecule has 0 saturated heterocycles. The second-order valence-electron chi connectivity index (χ2n) is 4.18. The van der Waals surface area contributed by atoms with Gasteiger partial charge in [-0.1, -0.05) is 29.3 Å². The van der Waals surface area contributed by atoms with Gasteiger partial charge in [-0.2, -0.15) is 0 Å². The van der Waals surface area contributed by atoms with E-state index in [1.165, 1.54) is 0 Å². The molecular weight excluding hydrogens is 315 g/mol. The molecule has 112 valence electrons. The first kappa shape index (κ1) is 17.4. The molecule has 0 fully saturated rings. The summed E-state index contributed by atoms with van der Waals surface area (Å²) in [7, 11) is 0. The highest BCUT2D eigenvalue weighted by atomic mass is 35.5. The Morgan fingerprint density at radius 3 is 2.67 bits per heavy atom. The Morgan fingerprint density at radius 2 is 2.05 bits per heavy atom. The molecule has 0 radical (unpaired) electrons. The summed E-state index contributed by atoms with van der Waals surface area (Å²) in [6.07, 6.45) is 2.70. The Labute approximate surface area is 131 Å². The van der Waals surface area contributed by atoms with Gasteiger partial charge in [0.05, 0.1) is 10.5 Å². The van der Waals surface area contributed by atoms with Crippen molar-refractivity contribution in [3.05, 3.63) is 40.5 Å². The van der Waals surface area contributed by atoms with E-state index < -0.39 is 12.0 Å². The Kier molecular flexibility index (Phi) is 7.08. The molecule has 7 heteroatoms. The number of aliphatic carboxylic acids is 1. The smallest absolute Gasteiger partial charge is 0.320 e. The second-order valence-corrected chi connectivity index (χ2v) is 5.05. The van der Waals surface area contributed by atoms with Crippen LogP contribution in [-0.2, 0) is 9.59 Å². The standard InChI is InChI=1S/C9H5Cl2N.C5H9NO3/c10-7-2-1-6-3-8(11)5-12-9(6)4-7;6-4(5(8)9)2-1-3-7/h1-5H;3-4H,1-2,6H2,(H,8,9). The number of nitrogens with two attached hydrogens (primary N) is 1. The first-order valence-corrected chi connectivity index (χ1v) is 6.82. The van der Waals surface area contributed by atoms with Gasteiger partial charge in [0.15, 0.2) is 0 Å². The summed E-state index contributed by atoms with van der Waals surface area (Å²) in [5.41, 5.74) is 5.91. The number of halogens is 2. The molecule has 5 nitrogen and oxygen atoms in total. The Bertz CT molecular complexity index is 593. The van der Waals surface area contributed by atoms with E-state index in [0.717, 1.165) is 10.9 Å². The lowest BCUT2D eigenvalue weighted by atomic mass is 10.2. The van der Waals surface area contributed by atoms with Crippen molar-refractivity contribution in [3.63, 3.8) is 0 Å². The van der Waals surface area contributed by atoms with Gasteiger partial charge >= 0.3 is 5.97 Å². The van der Waals surface area contributed by atoms with Crippen LogP contribution >= 0.6 is 23.2 Å². The van der Waals surface area contributed by atoms with Gasteiger partial charge in [0.1, 0.15) is 12.3 Å². The number of rotatable bonds is 4. The number of carbonyl (C=O) groups excluding carboxylic acids is 1. The first-order valence-electron chi connectivity index (χ1n) is 6.07. The monoisotopic (exact) mass is 328 g/mol. The largest absolute Gasteiger partial charge is 0.480 e. The fraction of sp³-hybridized carbons (Fsp3) is 0.214. The first-order chi connectivity index (χ1) is 9.93. The number of carboxylic acids is 1. The predicted molar refractivity (Wildman–Crippen MR) is 82.7 cm³/mol. The van der Waals surface area contributed by atoms with Crippen LogP contribution in [0.3, 0.4) is 0 Å². The topological polar surface area (TPSA) is 93.3 Å². The van der Waals surface area contributed by atoms with Crippen molar-refractivity contribution >= 4 is 46.4 Å². The lowest BCUT2D eigenvalue weighted by molar-refractivity contribution is -0.138. The van der Waals surface area contributed by atoms with Gasteiger partial charge in [-0.3, -0.25) is 9.78 Å². The van der Waals surface area contributed by atoms with E-state index in [-0.39, 0.29) is 12.8 Å². The minimum Gasteiger partial charge on any atom is -0.480 e. The lowest BCUT2D eigenvalue weighted by Crippen LogP contribution is -2.29. The summed E-state index contributed by atoms with van der Waals surface area (Å²) < 4.78 is 0. The number of carbonyl (C=O) groups is 2. The molecule has 3 N–H and O–H groups in total. The van der Waals surface area contributed by atoms with Crippen LogP contribution < -0.4 is 5.73 Å². The number of hydrogen-bond donors (Lipinski definition) is 2. The molecule has 0 spiro atoms. The third-order valence-corrected chi connectivity index (χ3v) is 2.97. The maximum Gasteiger partial charge on any atom is 0.320 e. The van der Waals surface area contributed by atoms with Crippen LogP contribution in [0.2, 0.25) is 10.0 Å². The summed E-state index contributed by atoms with van der Waals surface area (Å²) in [6.45, 7) is 0. The van der Waals surface area contributed by atoms with Crippen LogP contribution in [-0.4, -0.2) is 28.4 Å². The average Bonchev–Trinajstić information content (AvgIpc) is 2.45. The van der Waals surface area contributed by atoms with E-state index >= 15 is 0 Å². The zero-order valence-electron chi connectivity index (χ0n) is 11.0. The molecule has 1 atom stereocenters. The van der Waals surface area contributed by atoms with Crippen LogP contribution in [0.4, 0.5) is 0 Å². The molecule has 2 rings (SSSR count). The van der Waals surface area contributed by atoms with Gasteiger partial charge in [-0.05, 0) is 24.6 Å². The van der Waals surface area contributed by atoms with Crippen LogP contribution in [0.1, 0.15) is 12.8 Å². The van der Waals surface area contributed by atoms with Crippen LogP contribution in [0.5, 0.6) is 0 Å². The quantitative estimate of drug-likeness (QED) is 0.841. The fourth-order valence-corrected chi connectivity index (χ4v) is 1.77. The minimum absolute atomic E-state index is 0.216. The maximum absolute atomic E-state index is 9.96. The number of carboxylic acid groups (broad SMARTS) is 1. The van der Waals surface area contributed by atoms with Crippen LogP contribution in [0.15, 0.2) is 30.5 Å². The van der Waals surface area contributed by atoms with Crippen molar-refractivity contribution < 1.29 is 14.7 Å². The normalized spacial score (nSPS) is 11.4. The Hall–Kier alpha value is -1.69. The van der Waals surface area contributed by atoms with Crippen molar-refractivity contribution in [2.24, 2.45) is 5.73 Å².